The van der Waals surface area contributed by atoms with Crippen molar-refractivity contribution in [1.82, 2.24) is 4.90 Å². The van der Waals surface area contributed by atoms with Crippen molar-refractivity contribution < 1.29 is 29.4 Å². The van der Waals surface area contributed by atoms with Crippen molar-refractivity contribution >= 4 is 85.1 Å². The molecule has 1 aliphatic carbocycles. The number of hydrogen-bond acceptors (Lipinski definition) is 10. The molecule has 7 aromatic carbocycles. The minimum Gasteiger partial charge on any atom is -0.506 e. The maximum Gasteiger partial charge on any atom is 0.261 e. The summed E-state index contributed by atoms with van der Waals surface area (Å²) >= 11 is 6.08. The van der Waals surface area contributed by atoms with Crippen LogP contribution in [-0.4, -0.2) is 45.7 Å². The van der Waals surface area contributed by atoms with Crippen LogP contribution in [0.15, 0.2) is 136 Å². The highest BCUT2D eigenvalue weighted by Gasteiger charge is 2.32. The summed E-state index contributed by atoms with van der Waals surface area (Å²) in [5.41, 5.74) is 3.89. The molecule has 0 fully saturated rings. The van der Waals surface area contributed by atoms with Crippen molar-refractivity contribution in [2.75, 3.05) is 12.4 Å². The fourth-order valence-electron chi connectivity index (χ4n) is 7.11. The Hall–Kier alpha value is -7.57. The van der Waals surface area contributed by atoms with Gasteiger partial charge in [0.25, 0.3) is 17.7 Å². The van der Waals surface area contributed by atoms with Gasteiger partial charge in [-0.3, -0.25) is 24.1 Å². The van der Waals surface area contributed by atoms with Gasteiger partial charge in [-0.2, -0.15) is 10.2 Å². The molecule has 0 saturated heterocycles. The number of rotatable bonds is 6. The monoisotopic (exact) mass is 756 g/mol. The van der Waals surface area contributed by atoms with Gasteiger partial charge < -0.3 is 15.5 Å². The Bertz CT molecular complexity index is 3000. The molecule has 0 atom stereocenters. The summed E-state index contributed by atoms with van der Waals surface area (Å²) in [5.74, 6) is -2.49. The number of halogens is 1. The van der Waals surface area contributed by atoms with Gasteiger partial charge >= 0.3 is 0 Å². The molecule has 9 rings (SSSR count). The van der Waals surface area contributed by atoms with Crippen LogP contribution in [0.3, 0.4) is 0 Å². The second-order valence-electron chi connectivity index (χ2n) is 13.2. The molecule has 0 spiro atoms. The van der Waals surface area contributed by atoms with Gasteiger partial charge in [0, 0.05) is 50.6 Å². The second kappa shape index (κ2) is 13.1. The number of aromatic hydroxyl groups is 2. The van der Waals surface area contributed by atoms with Crippen molar-refractivity contribution in [1.29, 1.82) is 0 Å². The molecular weight excluding hydrogens is 732 g/mol. The smallest absolute Gasteiger partial charge is 0.261 e. The maximum absolute atomic E-state index is 13.7. The maximum atomic E-state index is 13.7. The molecule has 0 saturated carbocycles. The first-order chi connectivity index (χ1) is 27.1. The second-order valence-corrected chi connectivity index (χ2v) is 13.6. The van der Waals surface area contributed by atoms with Gasteiger partial charge in [0.2, 0.25) is 0 Å². The molecule has 56 heavy (non-hydrogen) atoms. The largest absolute Gasteiger partial charge is 0.506 e. The number of imide groups is 1. The molecule has 3 N–H and O–H groups in total. The number of anilines is 1. The van der Waals surface area contributed by atoms with Crippen molar-refractivity contribution in [3.8, 4) is 22.6 Å². The van der Waals surface area contributed by atoms with Crippen LogP contribution >= 0.6 is 11.6 Å². The van der Waals surface area contributed by atoms with E-state index >= 15 is 0 Å². The molecular formula is C43H25ClN6O6. The van der Waals surface area contributed by atoms with E-state index in [0.717, 1.165) is 4.90 Å². The van der Waals surface area contributed by atoms with Gasteiger partial charge in [0.05, 0.1) is 22.5 Å². The average molecular weight is 757 g/mol. The van der Waals surface area contributed by atoms with E-state index in [-0.39, 0.29) is 39.8 Å². The Kier molecular flexibility index (Phi) is 7.99. The molecule has 13 heteroatoms. The fraction of sp³-hybridized carbons (Fsp3) is 0.0233. The van der Waals surface area contributed by atoms with Crippen LogP contribution in [0.4, 0.5) is 28.4 Å². The molecule has 2 aliphatic rings. The summed E-state index contributed by atoms with van der Waals surface area (Å²) < 4.78 is 0. The molecule has 1 heterocycles. The number of fused-ring (bicyclic) bond motifs is 4. The lowest BCUT2D eigenvalue weighted by atomic mass is 9.93. The third-order valence-corrected chi connectivity index (χ3v) is 10.1. The SMILES string of the molecule is CN1C(=O)c2cccc3c(N=Nc4ccc5c(c4)C(=O)c4cc(N=Nc6c(O)c(C(=O)Nc7cccc(Cl)c7)cc7ccccc67)ccc4-5)c(O)cc(c23)C1=O. The Morgan fingerprint density at radius 2 is 1.27 bits per heavy atom. The summed E-state index contributed by atoms with van der Waals surface area (Å²) in [5, 5.41) is 44.7. The molecule has 12 nitrogen and oxygen atoms in total. The molecule has 0 radical (unpaired) electrons. The highest BCUT2D eigenvalue weighted by molar-refractivity contribution is 6.31. The van der Waals surface area contributed by atoms with E-state index in [9.17, 15) is 29.4 Å². The fourth-order valence-corrected chi connectivity index (χ4v) is 7.30. The first-order valence-corrected chi connectivity index (χ1v) is 17.5. The number of phenolic OH excluding ortho intramolecular Hbond substituents is 2. The molecule has 7 aromatic rings. The predicted octanol–water partition coefficient (Wildman–Crippen LogP) is 10.6. The number of nitrogens with zero attached hydrogens (tertiary/aromatic N) is 5. The molecule has 0 bridgehead atoms. The van der Waals surface area contributed by atoms with Gasteiger partial charge in [-0.05, 0) is 77.2 Å². The van der Waals surface area contributed by atoms with Crippen LogP contribution in [-0.2, 0) is 0 Å². The van der Waals surface area contributed by atoms with Crippen molar-refractivity contribution in [3.63, 3.8) is 0 Å². The van der Waals surface area contributed by atoms with Crippen LogP contribution < -0.4 is 5.32 Å². The Morgan fingerprint density at radius 3 is 1.98 bits per heavy atom. The van der Waals surface area contributed by atoms with E-state index in [0.29, 0.717) is 71.4 Å². The lowest BCUT2D eigenvalue weighted by Gasteiger charge is -2.24. The summed E-state index contributed by atoms with van der Waals surface area (Å²) in [6, 6.07) is 31.6. The minimum atomic E-state index is -0.565. The average Bonchev–Trinajstić information content (AvgIpc) is 3.47. The van der Waals surface area contributed by atoms with E-state index < -0.39 is 17.7 Å². The normalized spacial score (nSPS) is 13.3. The Morgan fingerprint density at radius 1 is 0.625 bits per heavy atom. The van der Waals surface area contributed by atoms with Crippen LogP contribution in [0.2, 0.25) is 5.02 Å². The van der Waals surface area contributed by atoms with Crippen molar-refractivity contribution in [2.45, 2.75) is 0 Å². The van der Waals surface area contributed by atoms with Gasteiger partial charge in [-0.25, -0.2) is 0 Å². The highest BCUT2D eigenvalue weighted by Crippen LogP contribution is 2.45. The number of ketones is 1. The number of amides is 3. The zero-order valence-electron chi connectivity index (χ0n) is 29.1. The van der Waals surface area contributed by atoms with Gasteiger partial charge in [-0.15, -0.1) is 10.2 Å². The van der Waals surface area contributed by atoms with Gasteiger partial charge in [0.1, 0.15) is 17.1 Å². The van der Waals surface area contributed by atoms with E-state index in [4.69, 9.17) is 11.6 Å². The minimum absolute atomic E-state index is 0.0115. The number of phenols is 2. The third-order valence-electron chi connectivity index (χ3n) is 9.82. The van der Waals surface area contributed by atoms with Gasteiger partial charge in [0.15, 0.2) is 11.5 Å². The van der Waals surface area contributed by atoms with E-state index in [2.05, 4.69) is 25.8 Å². The molecule has 0 unspecified atom stereocenters. The molecule has 1 aliphatic heterocycles. The number of hydrogen-bond donors (Lipinski definition) is 3. The quantitative estimate of drug-likeness (QED) is 0.112. The first kappa shape index (κ1) is 34.2. The first-order valence-electron chi connectivity index (χ1n) is 17.2. The van der Waals surface area contributed by atoms with Crippen LogP contribution in [0.5, 0.6) is 11.5 Å². The Labute approximate surface area is 322 Å². The number of carbonyl (C=O) groups is 4. The van der Waals surface area contributed by atoms with Crippen LogP contribution in [0, 0.1) is 0 Å². The zero-order valence-corrected chi connectivity index (χ0v) is 29.9. The lowest BCUT2D eigenvalue weighted by molar-refractivity contribution is 0.0649. The van der Waals surface area contributed by atoms with Gasteiger partial charge in [-0.1, -0.05) is 66.2 Å². The van der Waals surface area contributed by atoms with Crippen LogP contribution in [0.25, 0.3) is 32.7 Å². The summed E-state index contributed by atoms with van der Waals surface area (Å²) in [6.07, 6.45) is 0. The predicted molar refractivity (Wildman–Crippen MR) is 211 cm³/mol. The summed E-state index contributed by atoms with van der Waals surface area (Å²) in [7, 11) is 1.39. The number of carbonyl (C=O) groups excluding carboxylic acids is 4. The van der Waals surface area contributed by atoms with Crippen molar-refractivity contribution in [2.24, 2.45) is 20.5 Å². The highest BCUT2D eigenvalue weighted by atomic mass is 35.5. The number of nitrogens with one attached hydrogen (secondary N) is 1. The third kappa shape index (κ3) is 5.55. The molecule has 0 aromatic heterocycles. The molecule has 3 amide bonds. The number of benzene rings is 7. The standard InChI is InChI=1S/C43H25ClN6O6/c1-50-42(55)30-11-5-10-29-36(30)33(43(50)56)20-35(51)37(29)48-46-24-12-14-27-28-15-13-25(19-32(28)39(52)31(27)18-24)47-49-38-26-9-3-2-6-21(26)16-34(40(38)53)41(54)45-23-8-4-7-22(44)17-23/h2-20,51,53H,1H3,(H,45,54). The van der Waals surface area contributed by atoms with Crippen molar-refractivity contribution in [3.05, 3.63) is 148 Å². The summed E-state index contributed by atoms with van der Waals surface area (Å²) in [6.45, 7) is 0. The van der Waals surface area contributed by atoms with E-state index in [1.54, 1.807) is 109 Å². The molecule has 270 valence electrons. The number of azo groups is 2. The lowest BCUT2D eigenvalue weighted by Crippen LogP contribution is -2.36. The van der Waals surface area contributed by atoms with E-state index in [1.807, 2.05) is 0 Å². The zero-order chi connectivity index (χ0) is 38.8. The van der Waals surface area contributed by atoms with E-state index in [1.165, 1.54) is 13.1 Å². The van der Waals surface area contributed by atoms with Crippen LogP contribution in [0.1, 0.15) is 47.0 Å². The topological polar surface area (TPSA) is 173 Å². The summed E-state index contributed by atoms with van der Waals surface area (Å²) in [4.78, 5) is 53.7. The Balaban J connectivity index is 1.01.